The van der Waals surface area contributed by atoms with Gasteiger partial charge >= 0.3 is 0 Å². The molecule has 0 aromatic carbocycles. The smallest absolute Gasteiger partial charge is 0.0521 e. The molecule has 0 spiro atoms. The van der Waals surface area contributed by atoms with Crippen molar-refractivity contribution in [2.24, 2.45) is 13.0 Å². The van der Waals surface area contributed by atoms with Crippen LogP contribution >= 0.6 is 0 Å². The molecule has 2 heterocycles. The van der Waals surface area contributed by atoms with Gasteiger partial charge in [0.15, 0.2) is 0 Å². The first kappa shape index (κ1) is 14.5. The summed E-state index contributed by atoms with van der Waals surface area (Å²) in [6.07, 6.45) is 10.1. The summed E-state index contributed by atoms with van der Waals surface area (Å²) in [6, 6.07) is 0.584. The highest BCUT2D eigenvalue weighted by molar-refractivity contribution is 5.04. The minimum Gasteiger partial charge on any atom is -0.381 e. The largest absolute Gasteiger partial charge is 0.381 e. The van der Waals surface area contributed by atoms with E-state index in [1.54, 1.807) is 0 Å². The monoisotopic (exact) mass is 265 g/mol. The SMILES string of the molecule is CCCNC(CCc1cnn(C)c1)C1CCCOC1. The van der Waals surface area contributed by atoms with Gasteiger partial charge in [0, 0.05) is 25.9 Å². The van der Waals surface area contributed by atoms with Crippen LogP contribution in [0.1, 0.15) is 38.2 Å². The fraction of sp³-hybridized carbons (Fsp3) is 0.800. The van der Waals surface area contributed by atoms with Crippen molar-refractivity contribution in [2.75, 3.05) is 19.8 Å². The van der Waals surface area contributed by atoms with Crippen molar-refractivity contribution in [3.05, 3.63) is 18.0 Å². The highest BCUT2D eigenvalue weighted by Crippen LogP contribution is 2.21. The van der Waals surface area contributed by atoms with Crippen LogP contribution in [0.4, 0.5) is 0 Å². The molecule has 1 aromatic rings. The van der Waals surface area contributed by atoms with Gasteiger partial charge in [-0.1, -0.05) is 6.92 Å². The number of rotatable bonds is 7. The highest BCUT2D eigenvalue weighted by Gasteiger charge is 2.23. The zero-order chi connectivity index (χ0) is 13.5. The molecular weight excluding hydrogens is 238 g/mol. The van der Waals surface area contributed by atoms with E-state index >= 15 is 0 Å². The van der Waals surface area contributed by atoms with E-state index in [2.05, 4.69) is 23.5 Å². The van der Waals surface area contributed by atoms with E-state index in [0.717, 1.165) is 26.2 Å². The maximum absolute atomic E-state index is 5.64. The van der Waals surface area contributed by atoms with E-state index in [1.165, 1.54) is 31.2 Å². The molecule has 1 saturated heterocycles. The van der Waals surface area contributed by atoms with Gasteiger partial charge in [-0.15, -0.1) is 0 Å². The van der Waals surface area contributed by atoms with Crippen molar-refractivity contribution in [3.63, 3.8) is 0 Å². The van der Waals surface area contributed by atoms with Crippen LogP contribution in [0.2, 0.25) is 0 Å². The molecule has 19 heavy (non-hydrogen) atoms. The van der Waals surface area contributed by atoms with Crippen LogP contribution < -0.4 is 5.32 Å². The van der Waals surface area contributed by atoms with Gasteiger partial charge in [0.1, 0.15) is 0 Å². The summed E-state index contributed by atoms with van der Waals surface area (Å²) >= 11 is 0. The van der Waals surface area contributed by atoms with Crippen molar-refractivity contribution in [2.45, 2.75) is 45.1 Å². The molecule has 0 radical (unpaired) electrons. The normalized spacial score (nSPS) is 21.5. The molecule has 2 atom stereocenters. The van der Waals surface area contributed by atoms with E-state index in [9.17, 15) is 0 Å². The third-order valence-electron chi connectivity index (χ3n) is 3.92. The van der Waals surface area contributed by atoms with Crippen LogP contribution in [0, 0.1) is 5.92 Å². The quantitative estimate of drug-likeness (QED) is 0.821. The summed E-state index contributed by atoms with van der Waals surface area (Å²) in [4.78, 5) is 0. The fourth-order valence-electron chi connectivity index (χ4n) is 2.84. The van der Waals surface area contributed by atoms with Crippen LogP contribution in [0.5, 0.6) is 0 Å². The predicted molar refractivity (Wildman–Crippen MR) is 77.2 cm³/mol. The van der Waals surface area contributed by atoms with Crippen LogP contribution in [-0.2, 0) is 18.2 Å². The van der Waals surface area contributed by atoms with Gasteiger partial charge < -0.3 is 10.1 Å². The molecule has 1 aliphatic rings. The van der Waals surface area contributed by atoms with Crippen LogP contribution in [-0.4, -0.2) is 35.6 Å². The number of aryl methyl sites for hydroxylation is 2. The maximum Gasteiger partial charge on any atom is 0.0521 e. The van der Waals surface area contributed by atoms with Crippen molar-refractivity contribution < 1.29 is 4.74 Å². The number of ether oxygens (including phenoxy) is 1. The van der Waals surface area contributed by atoms with Crippen molar-refractivity contribution in [3.8, 4) is 0 Å². The minimum absolute atomic E-state index is 0.584. The van der Waals surface area contributed by atoms with Gasteiger partial charge in [0.05, 0.1) is 12.8 Å². The van der Waals surface area contributed by atoms with Gasteiger partial charge in [-0.2, -0.15) is 5.10 Å². The molecule has 0 amide bonds. The second-order valence-corrected chi connectivity index (χ2v) is 5.60. The van der Waals surface area contributed by atoms with Gasteiger partial charge in [-0.3, -0.25) is 4.68 Å². The van der Waals surface area contributed by atoms with Crippen LogP contribution in [0.15, 0.2) is 12.4 Å². The molecule has 108 valence electrons. The average molecular weight is 265 g/mol. The lowest BCUT2D eigenvalue weighted by Crippen LogP contribution is -2.41. The summed E-state index contributed by atoms with van der Waals surface area (Å²) in [5.74, 6) is 0.678. The molecule has 2 unspecified atom stereocenters. The molecule has 1 fully saturated rings. The second-order valence-electron chi connectivity index (χ2n) is 5.60. The number of hydrogen-bond acceptors (Lipinski definition) is 3. The van der Waals surface area contributed by atoms with Crippen molar-refractivity contribution in [1.29, 1.82) is 0 Å². The van der Waals surface area contributed by atoms with Crippen LogP contribution in [0.25, 0.3) is 0 Å². The lowest BCUT2D eigenvalue weighted by molar-refractivity contribution is 0.0380. The first-order chi connectivity index (χ1) is 9.29. The van der Waals surface area contributed by atoms with E-state index in [0.29, 0.717) is 12.0 Å². The first-order valence-electron chi connectivity index (χ1n) is 7.58. The van der Waals surface area contributed by atoms with E-state index in [4.69, 9.17) is 4.74 Å². The van der Waals surface area contributed by atoms with E-state index in [1.807, 2.05) is 17.9 Å². The van der Waals surface area contributed by atoms with Crippen LogP contribution in [0.3, 0.4) is 0 Å². The lowest BCUT2D eigenvalue weighted by Gasteiger charge is -2.31. The summed E-state index contributed by atoms with van der Waals surface area (Å²) < 4.78 is 7.53. The summed E-state index contributed by atoms with van der Waals surface area (Å²) in [6.45, 7) is 5.20. The second kappa shape index (κ2) is 7.65. The Hall–Kier alpha value is -0.870. The number of hydrogen-bond donors (Lipinski definition) is 1. The Bertz CT molecular complexity index is 358. The third-order valence-corrected chi connectivity index (χ3v) is 3.92. The molecule has 0 aliphatic carbocycles. The average Bonchev–Trinajstić information content (AvgIpc) is 2.86. The molecule has 1 aliphatic heterocycles. The Kier molecular flexibility index (Phi) is 5.86. The minimum atomic E-state index is 0.584. The molecule has 1 N–H and O–H groups in total. The summed E-state index contributed by atoms with van der Waals surface area (Å²) in [7, 11) is 1.98. The van der Waals surface area contributed by atoms with Crippen molar-refractivity contribution in [1.82, 2.24) is 15.1 Å². The molecule has 0 saturated carbocycles. The third kappa shape index (κ3) is 4.62. The molecular formula is C15H27N3O. The Morgan fingerprint density at radius 1 is 1.58 bits per heavy atom. The fourth-order valence-corrected chi connectivity index (χ4v) is 2.84. The lowest BCUT2D eigenvalue weighted by atomic mass is 9.90. The molecule has 0 bridgehead atoms. The van der Waals surface area contributed by atoms with Gasteiger partial charge in [0.2, 0.25) is 0 Å². The van der Waals surface area contributed by atoms with E-state index in [-0.39, 0.29) is 0 Å². The molecule has 4 heteroatoms. The molecule has 2 rings (SSSR count). The van der Waals surface area contributed by atoms with E-state index < -0.39 is 0 Å². The zero-order valence-electron chi connectivity index (χ0n) is 12.3. The first-order valence-corrected chi connectivity index (χ1v) is 7.58. The Labute approximate surface area is 116 Å². The number of aromatic nitrogens is 2. The van der Waals surface area contributed by atoms with Gasteiger partial charge in [-0.25, -0.2) is 0 Å². The molecule has 1 aromatic heterocycles. The Balaban J connectivity index is 1.85. The Morgan fingerprint density at radius 2 is 2.47 bits per heavy atom. The topological polar surface area (TPSA) is 39.1 Å². The number of nitrogens with zero attached hydrogens (tertiary/aromatic N) is 2. The van der Waals surface area contributed by atoms with Crippen molar-refractivity contribution >= 4 is 0 Å². The molecule has 4 nitrogen and oxygen atoms in total. The summed E-state index contributed by atoms with van der Waals surface area (Å²) in [5, 5.41) is 7.95. The standard InChI is InChI=1S/C15H27N3O/c1-3-8-16-15(14-5-4-9-19-12-14)7-6-13-10-17-18(2)11-13/h10-11,14-16H,3-9,12H2,1-2H3. The zero-order valence-corrected chi connectivity index (χ0v) is 12.3. The van der Waals surface area contributed by atoms with Gasteiger partial charge in [0.25, 0.3) is 0 Å². The maximum atomic E-state index is 5.64. The predicted octanol–water partition coefficient (Wildman–Crippen LogP) is 2.15. The highest BCUT2D eigenvalue weighted by atomic mass is 16.5. The summed E-state index contributed by atoms with van der Waals surface area (Å²) in [5.41, 5.74) is 1.34. The van der Waals surface area contributed by atoms with Gasteiger partial charge in [-0.05, 0) is 50.1 Å². The number of nitrogens with one attached hydrogen (secondary N) is 1. The Morgan fingerprint density at radius 3 is 3.11 bits per heavy atom.